The molecule has 0 saturated heterocycles. The standard InChI is InChI=1S/C8H9F2NO3S/c1-5-2-3-6(15(11,12)13)4-7(5)14-8(9)10/h2-4,8H,1H3,(H2,11,12,13). The molecule has 0 amide bonds. The van der Waals surface area contributed by atoms with Gasteiger partial charge >= 0.3 is 6.61 Å². The van der Waals surface area contributed by atoms with E-state index < -0.39 is 16.6 Å². The minimum Gasteiger partial charge on any atom is -0.435 e. The van der Waals surface area contributed by atoms with Gasteiger partial charge in [-0.05, 0) is 18.6 Å². The molecule has 0 bridgehead atoms. The highest BCUT2D eigenvalue weighted by molar-refractivity contribution is 7.89. The Morgan fingerprint density at radius 2 is 2.00 bits per heavy atom. The van der Waals surface area contributed by atoms with Crippen LogP contribution < -0.4 is 9.88 Å². The van der Waals surface area contributed by atoms with E-state index in [1.807, 2.05) is 0 Å². The third-order valence-electron chi connectivity index (χ3n) is 1.70. The number of hydrogen-bond acceptors (Lipinski definition) is 3. The number of nitrogens with two attached hydrogens (primary N) is 1. The lowest BCUT2D eigenvalue weighted by atomic mass is 10.2. The predicted molar refractivity (Wildman–Crippen MR) is 49.2 cm³/mol. The zero-order valence-corrected chi connectivity index (χ0v) is 8.59. The molecule has 84 valence electrons. The van der Waals surface area contributed by atoms with Gasteiger partial charge in [0.05, 0.1) is 4.90 Å². The number of rotatable bonds is 3. The van der Waals surface area contributed by atoms with Crippen molar-refractivity contribution in [2.75, 3.05) is 0 Å². The molecular weight excluding hydrogens is 228 g/mol. The summed E-state index contributed by atoms with van der Waals surface area (Å²) < 4.78 is 49.8. The Morgan fingerprint density at radius 1 is 1.40 bits per heavy atom. The monoisotopic (exact) mass is 237 g/mol. The summed E-state index contributed by atoms with van der Waals surface area (Å²) in [5.41, 5.74) is 0.405. The van der Waals surface area contributed by atoms with Crippen LogP contribution in [-0.2, 0) is 10.0 Å². The van der Waals surface area contributed by atoms with Crippen molar-refractivity contribution in [1.82, 2.24) is 0 Å². The molecule has 0 aromatic heterocycles. The molecule has 7 heteroatoms. The summed E-state index contributed by atoms with van der Waals surface area (Å²) in [5, 5.41) is 4.84. The molecule has 0 unspecified atom stereocenters. The van der Waals surface area contributed by atoms with Gasteiger partial charge in [-0.15, -0.1) is 0 Å². The van der Waals surface area contributed by atoms with Crippen LogP contribution in [0.4, 0.5) is 8.78 Å². The number of aryl methyl sites for hydroxylation is 1. The summed E-state index contributed by atoms with van der Waals surface area (Å²) in [7, 11) is -3.90. The van der Waals surface area contributed by atoms with Gasteiger partial charge in [-0.1, -0.05) is 6.07 Å². The maximum absolute atomic E-state index is 11.9. The van der Waals surface area contributed by atoms with Crippen molar-refractivity contribution >= 4 is 10.0 Å². The Bertz CT molecular complexity index is 459. The second kappa shape index (κ2) is 4.11. The molecule has 4 nitrogen and oxygen atoms in total. The Balaban J connectivity index is 3.17. The highest BCUT2D eigenvalue weighted by Crippen LogP contribution is 2.23. The number of halogens is 2. The van der Waals surface area contributed by atoms with Gasteiger partial charge in [0, 0.05) is 6.07 Å². The molecule has 0 aliphatic carbocycles. The van der Waals surface area contributed by atoms with E-state index in [9.17, 15) is 17.2 Å². The minimum absolute atomic E-state index is 0.198. The van der Waals surface area contributed by atoms with E-state index in [4.69, 9.17) is 5.14 Å². The number of hydrogen-bond donors (Lipinski definition) is 1. The first-order valence-corrected chi connectivity index (χ1v) is 5.43. The van der Waals surface area contributed by atoms with Crippen LogP contribution in [0.5, 0.6) is 5.75 Å². The molecule has 1 aromatic rings. The fourth-order valence-electron chi connectivity index (χ4n) is 0.980. The molecule has 0 atom stereocenters. The molecule has 0 saturated carbocycles. The maximum Gasteiger partial charge on any atom is 0.387 e. The first-order chi connectivity index (χ1) is 6.80. The SMILES string of the molecule is Cc1ccc(S(N)(=O)=O)cc1OC(F)F. The van der Waals surface area contributed by atoms with Crippen LogP contribution in [0.15, 0.2) is 23.1 Å². The van der Waals surface area contributed by atoms with Crippen molar-refractivity contribution < 1.29 is 21.9 Å². The summed E-state index contributed by atoms with van der Waals surface area (Å²) in [6.07, 6.45) is 0. The summed E-state index contributed by atoms with van der Waals surface area (Å²) in [4.78, 5) is -0.260. The first kappa shape index (κ1) is 11.9. The Morgan fingerprint density at radius 3 is 2.47 bits per heavy atom. The number of benzene rings is 1. The molecule has 1 rings (SSSR count). The van der Waals surface area contributed by atoms with E-state index >= 15 is 0 Å². The van der Waals surface area contributed by atoms with Gasteiger partial charge in [0.1, 0.15) is 5.75 Å². The van der Waals surface area contributed by atoms with E-state index in [1.165, 1.54) is 19.1 Å². The zero-order valence-electron chi connectivity index (χ0n) is 7.78. The molecule has 0 heterocycles. The summed E-state index contributed by atoms with van der Waals surface area (Å²) in [6, 6.07) is 3.54. The fourth-order valence-corrected chi connectivity index (χ4v) is 1.51. The van der Waals surface area contributed by atoms with Crippen LogP contribution >= 0.6 is 0 Å². The average Bonchev–Trinajstić information content (AvgIpc) is 2.06. The molecule has 0 radical (unpaired) electrons. The van der Waals surface area contributed by atoms with Crippen LogP contribution in [0.1, 0.15) is 5.56 Å². The Kier molecular flexibility index (Phi) is 3.25. The van der Waals surface area contributed by atoms with Gasteiger partial charge in [0.25, 0.3) is 0 Å². The first-order valence-electron chi connectivity index (χ1n) is 3.89. The maximum atomic E-state index is 11.9. The van der Waals surface area contributed by atoms with Crippen molar-refractivity contribution in [1.29, 1.82) is 0 Å². The summed E-state index contributed by atoms with van der Waals surface area (Å²) >= 11 is 0. The number of alkyl halides is 2. The number of ether oxygens (including phenoxy) is 1. The van der Waals surface area contributed by atoms with Gasteiger partial charge in [-0.3, -0.25) is 0 Å². The van der Waals surface area contributed by atoms with Crippen LogP contribution in [0, 0.1) is 6.92 Å². The fraction of sp³-hybridized carbons (Fsp3) is 0.250. The van der Waals surface area contributed by atoms with E-state index in [0.29, 0.717) is 5.56 Å². The molecule has 15 heavy (non-hydrogen) atoms. The quantitative estimate of drug-likeness (QED) is 0.859. The van der Waals surface area contributed by atoms with Crippen molar-refractivity contribution in [3.8, 4) is 5.75 Å². The Hall–Kier alpha value is -1.21. The molecular formula is C8H9F2NO3S. The van der Waals surface area contributed by atoms with Gasteiger partial charge in [-0.2, -0.15) is 8.78 Å². The lowest BCUT2D eigenvalue weighted by Gasteiger charge is -2.08. The summed E-state index contributed by atoms with van der Waals surface area (Å²) in [6.45, 7) is -1.48. The summed E-state index contributed by atoms with van der Waals surface area (Å²) in [5.74, 6) is -0.198. The number of primary sulfonamides is 1. The largest absolute Gasteiger partial charge is 0.435 e. The highest BCUT2D eigenvalue weighted by atomic mass is 32.2. The number of sulfonamides is 1. The van der Waals surface area contributed by atoms with E-state index in [0.717, 1.165) is 6.07 Å². The molecule has 1 aromatic carbocycles. The second-order valence-electron chi connectivity index (χ2n) is 2.85. The predicted octanol–water partition coefficient (Wildman–Crippen LogP) is 1.24. The zero-order chi connectivity index (χ0) is 11.6. The minimum atomic E-state index is -3.90. The molecule has 0 aliphatic heterocycles. The van der Waals surface area contributed by atoms with Gasteiger partial charge in [-0.25, -0.2) is 13.6 Å². The lowest BCUT2D eigenvalue weighted by Crippen LogP contribution is -2.13. The topological polar surface area (TPSA) is 69.4 Å². The van der Waals surface area contributed by atoms with Crippen LogP contribution in [0.25, 0.3) is 0 Å². The van der Waals surface area contributed by atoms with Gasteiger partial charge < -0.3 is 4.74 Å². The van der Waals surface area contributed by atoms with Crippen molar-refractivity contribution in [3.05, 3.63) is 23.8 Å². The normalized spacial score (nSPS) is 11.8. The van der Waals surface area contributed by atoms with Gasteiger partial charge in [0.15, 0.2) is 0 Å². The lowest BCUT2D eigenvalue weighted by molar-refractivity contribution is -0.0504. The Labute approximate surface area is 85.7 Å². The van der Waals surface area contributed by atoms with E-state index in [2.05, 4.69) is 4.74 Å². The van der Waals surface area contributed by atoms with Crippen molar-refractivity contribution in [2.45, 2.75) is 18.4 Å². The van der Waals surface area contributed by atoms with Crippen molar-refractivity contribution in [2.24, 2.45) is 5.14 Å². The molecule has 2 N–H and O–H groups in total. The smallest absolute Gasteiger partial charge is 0.387 e. The highest BCUT2D eigenvalue weighted by Gasteiger charge is 2.13. The van der Waals surface area contributed by atoms with Gasteiger partial charge in [0.2, 0.25) is 10.0 Å². The van der Waals surface area contributed by atoms with E-state index in [1.54, 1.807) is 0 Å². The van der Waals surface area contributed by atoms with Crippen LogP contribution in [0.3, 0.4) is 0 Å². The second-order valence-corrected chi connectivity index (χ2v) is 4.41. The van der Waals surface area contributed by atoms with E-state index in [-0.39, 0.29) is 10.6 Å². The third-order valence-corrected chi connectivity index (χ3v) is 2.62. The molecule has 0 spiro atoms. The van der Waals surface area contributed by atoms with Crippen molar-refractivity contribution in [3.63, 3.8) is 0 Å². The molecule has 0 fully saturated rings. The molecule has 0 aliphatic rings. The van der Waals surface area contributed by atoms with Crippen LogP contribution in [-0.4, -0.2) is 15.0 Å². The van der Waals surface area contributed by atoms with Crippen LogP contribution in [0.2, 0.25) is 0 Å². The average molecular weight is 237 g/mol. The third kappa shape index (κ3) is 3.14.